The van der Waals surface area contributed by atoms with Crippen molar-refractivity contribution in [3.8, 4) is 0 Å². The molecule has 3 N–H and O–H groups in total. The average molecular weight is 254 g/mol. The monoisotopic (exact) mass is 254 g/mol. The lowest BCUT2D eigenvalue weighted by atomic mass is 10.0. The Morgan fingerprint density at radius 3 is 2.82 bits per heavy atom. The first-order valence-corrected chi connectivity index (χ1v) is 5.78. The van der Waals surface area contributed by atoms with Gasteiger partial charge in [0.15, 0.2) is 0 Å². The highest BCUT2D eigenvalue weighted by atomic mass is 32.2. The lowest BCUT2D eigenvalue weighted by molar-refractivity contribution is -0.110. The molecule has 92 valence electrons. The summed E-state index contributed by atoms with van der Waals surface area (Å²) in [6.07, 6.45) is 0.646. The Morgan fingerprint density at radius 2 is 2.29 bits per heavy atom. The maximum atomic E-state index is 11.5. The predicted octanol–water partition coefficient (Wildman–Crippen LogP) is 1.48. The topological polar surface area (TPSA) is 81.4 Å². The van der Waals surface area contributed by atoms with Gasteiger partial charge in [0.1, 0.15) is 12.2 Å². The molecule has 0 spiro atoms. The van der Waals surface area contributed by atoms with Gasteiger partial charge in [-0.25, -0.2) is 9.93 Å². The van der Waals surface area contributed by atoms with Crippen LogP contribution in [0.4, 0.5) is 0 Å². The molecule has 0 aliphatic rings. The third kappa shape index (κ3) is 3.47. The van der Waals surface area contributed by atoms with Gasteiger partial charge in [-0.15, -0.1) is 0 Å². The summed E-state index contributed by atoms with van der Waals surface area (Å²) in [5, 5.41) is 7.70. The molecule has 6 heteroatoms. The number of rotatable bonds is 5. The largest absolute Gasteiger partial charge is 0.371 e. The molecule has 1 aromatic rings. The maximum Gasteiger partial charge on any atom is 0.351 e. The molecule has 1 aromatic carbocycles. The number of hydrogen-bond acceptors (Lipinski definition) is 5. The van der Waals surface area contributed by atoms with E-state index in [0.29, 0.717) is 24.2 Å². The molecule has 5 nitrogen and oxygen atoms in total. The molecule has 0 unspecified atom stereocenters. The van der Waals surface area contributed by atoms with E-state index < -0.39 is 5.97 Å². The van der Waals surface area contributed by atoms with Crippen LogP contribution in [0, 0.1) is 6.92 Å². The van der Waals surface area contributed by atoms with Crippen molar-refractivity contribution in [3.05, 3.63) is 34.9 Å². The van der Waals surface area contributed by atoms with E-state index in [-0.39, 0.29) is 6.04 Å². The van der Waals surface area contributed by atoms with Gasteiger partial charge in [-0.1, -0.05) is 12.1 Å². The number of aryl methyl sites for hydroxylation is 1. The van der Waals surface area contributed by atoms with Gasteiger partial charge in [0, 0.05) is 0 Å². The minimum absolute atomic E-state index is 0.0971. The fourth-order valence-corrected chi connectivity index (χ4v) is 1.65. The van der Waals surface area contributed by atoms with Crippen LogP contribution in [0.2, 0.25) is 0 Å². The number of amides is 1. The van der Waals surface area contributed by atoms with E-state index in [1.807, 2.05) is 13.0 Å². The zero-order valence-electron chi connectivity index (χ0n) is 9.60. The smallest absolute Gasteiger partial charge is 0.351 e. The van der Waals surface area contributed by atoms with Crippen LogP contribution >= 0.6 is 12.2 Å². The number of benzene rings is 1. The standard InChI is InChI=1S/C11H14N2O3S/c1-7-5-9(8(2)13-6-14)3-4-10(7)11(15)16-17-12/h3-6,8H,12H2,1-2H3,(H,13,14)/t8-/m1/s1. The summed E-state index contributed by atoms with van der Waals surface area (Å²) in [5.74, 6) is -0.474. The van der Waals surface area contributed by atoms with Gasteiger partial charge in [0.25, 0.3) is 0 Å². The second-order valence-electron chi connectivity index (χ2n) is 3.55. The van der Waals surface area contributed by atoms with Gasteiger partial charge >= 0.3 is 5.97 Å². The molecule has 0 heterocycles. The summed E-state index contributed by atoms with van der Waals surface area (Å²) >= 11 is 0.524. The van der Waals surface area contributed by atoms with Crippen LogP contribution in [-0.4, -0.2) is 12.4 Å². The van der Waals surface area contributed by atoms with Gasteiger partial charge in [-0.2, -0.15) is 0 Å². The molecule has 0 radical (unpaired) electrons. The Hall–Kier alpha value is -1.53. The normalized spacial score (nSPS) is 11.7. The number of nitrogens with two attached hydrogens (primary N) is 1. The molecular formula is C11H14N2O3S. The summed E-state index contributed by atoms with van der Waals surface area (Å²) in [4.78, 5) is 21.8. The number of carbonyl (C=O) groups excluding carboxylic acids is 2. The molecule has 1 amide bonds. The zero-order chi connectivity index (χ0) is 12.8. The lowest BCUT2D eigenvalue weighted by Gasteiger charge is -2.12. The molecule has 0 aliphatic heterocycles. The van der Waals surface area contributed by atoms with Gasteiger partial charge in [-0.05, 0) is 31.0 Å². The van der Waals surface area contributed by atoms with E-state index in [0.717, 1.165) is 11.1 Å². The van der Waals surface area contributed by atoms with E-state index >= 15 is 0 Å². The SMILES string of the molecule is Cc1cc([C@@H](C)NC=O)ccc1C(=O)OSN. The van der Waals surface area contributed by atoms with Crippen molar-refractivity contribution in [2.45, 2.75) is 19.9 Å². The average Bonchev–Trinajstić information content (AvgIpc) is 2.29. The van der Waals surface area contributed by atoms with Gasteiger partial charge in [-0.3, -0.25) is 4.79 Å². The molecule has 1 rings (SSSR count). The molecule has 17 heavy (non-hydrogen) atoms. The first kappa shape index (κ1) is 13.5. The van der Waals surface area contributed by atoms with E-state index in [2.05, 4.69) is 9.50 Å². The van der Waals surface area contributed by atoms with E-state index in [1.165, 1.54) is 0 Å². The Bertz CT molecular complexity index is 423. The zero-order valence-corrected chi connectivity index (χ0v) is 10.4. The van der Waals surface area contributed by atoms with Gasteiger partial charge in [0.2, 0.25) is 6.41 Å². The summed E-state index contributed by atoms with van der Waals surface area (Å²) in [5.41, 5.74) is 2.16. The summed E-state index contributed by atoms with van der Waals surface area (Å²) in [6.45, 7) is 3.66. The Kier molecular flexibility index (Phi) is 4.99. The van der Waals surface area contributed by atoms with Crippen LogP contribution in [0.25, 0.3) is 0 Å². The Morgan fingerprint density at radius 1 is 1.59 bits per heavy atom. The third-order valence-electron chi connectivity index (χ3n) is 2.41. The Balaban J connectivity index is 2.93. The van der Waals surface area contributed by atoms with Crippen molar-refractivity contribution < 1.29 is 13.8 Å². The fraction of sp³-hybridized carbons (Fsp3) is 0.273. The van der Waals surface area contributed by atoms with Crippen LogP contribution in [0.3, 0.4) is 0 Å². The molecular weight excluding hydrogens is 240 g/mol. The van der Waals surface area contributed by atoms with Crippen LogP contribution < -0.4 is 10.5 Å². The summed E-state index contributed by atoms with van der Waals surface area (Å²) < 4.78 is 4.64. The van der Waals surface area contributed by atoms with Crippen LogP contribution in [0.5, 0.6) is 0 Å². The molecule has 0 aromatic heterocycles. The Labute approximate surface area is 104 Å². The van der Waals surface area contributed by atoms with Crippen molar-refractivity contribution in [2.75, 3.05) is 0 Å². The van der Waals surface area contributed by atoms with Crippen molar-refractivity contribution in [1.82, 2.24) is 5.32 Å². The summed E-state index contributed by atoms with van der Waals surface area (Å²) in [7, 11) is 0. The second-order valence-corrected chi connectivity index (χ2v) is 3.91. The third-order valence-corrected chi connectivity index (χ3v) is 2.66. The minimum Gasteiger partial charge on any atom is -0.371 e. The predicted molar refractivity (Wildman–Crippen MR) is 66.0 cm³/mol. The first-order valence-electron chi connectivity index (χ1n) is 4.98. The van der Waals surface area contributed by atoms with E-state index in [4.69, 9.17) is 5.14 Å². The summed E-state index contributed by atoms with van der Waals surface area (Å²) in [6, 6.07) is 5.16. The number of carbonyl (C=O) groups is 2. The molecule has 0 saturated carbocycles. The second kappa shape index (κ2) is 6.27. The highest BCUT2D eigenvalue weighted by molar-refractivity contribution is 7.92. The van der Waals surface area contributed by atoms with Crippen LogP contribution in [-0.2, 0) is 8.98 Å². The molecule has 0 fully saturated rings. The lowest BCUT2D eigenvalue weighted by Crippen LogP contribution is -2.16. The molecule has 1 atom stereocenters. The van der Waals surface area contributed by atoms with Crippen LogP contribution in [0.1, 0.15) is 34.5 Å². The number of nitrogens with one attached hydrogen (secondary N) is 1. The highest BCUT2D eigenvalue weighted by Gasteiger charge is 2.12. The minimum atomic E-state index is -0.474. The quantitative estimate of drug-likeness (QED) is 0.472. The highest BCUT2D eigenvalue weighted by Crippen LogP contribution is 2.18. The molecule has 0 aliphatic carbocycles. The van der Waals surface area contributed by atoms with Crippen molar-refractivity contribution in [1.29, 1.82) is 0 Å². The first-order chi connectivity index (χ1) is 8.10. The molecule has 0 saturated heterocycles. The van der Waals surface area contributed by atoms with E-state index in [1.54, 1.807) is 19.1 Å². The van der Waals surface area contributed by atoms with Crippen LogP contribution in [0.15, 0.2) is 18.2 Å². The van der Waals surface area contributed by atoms with Crippen molar-refractivity contribution >= 4 is 24.6 Å². The van der Waals surface area contributed by atoms with Gasteiger partial charge < -0.3 is 9.50 Å². The molecule has 0 bridgehead atoms. The fourth-order valence-electron chi connectivity index (χ4n) is 1.47. The van der Waals surface area contributed by atoms with E-state index in [9.17, 15) is 9.59 Å². The van der Waals surface area contributed by atoms with Crippen molar-refractivity contribution in [2.24, 2.45) is 5.14 Å². The van der Waals surface area contributed by atoms with Crippen molar-refractivity contribution in [3.63, 3.8) is 0 Å². The van der Waals surface area contributed by atoms with Gasteiger partial charge in [0.05, 0.1) is 11.6 Å². The maximum absolute atomic E-state index is 11.5. The number of hydrogen-bond donors (Lipinski definition) is 2.